The minimum Gasteiger partial charge on any atom is -0.451 e. The van der Waals surface area contributed by atoms with Gasteiger partial charge in [-0.1, -0.05) is 13.8 Å². The van der Waals surface area contributed by atoms with Gasteiger partial charge in [-0.25, -0.2) is 9.78 Å². The molecule has 0 fully saturated rings. The monoisotopic (exact) mass is 356 g/mol. The van der Waals surface area contributed by atoms with Crippen LogP contribution in [0.15, 0.2) is 5.38 Å². The second kappa shape index (κ2) is 9.86. The van der Waals surface area contributed by atoms with Gasteiger partial charge in [0.15, 0.2) is 17.4 Å². The zero-order valence-electron chi connectivity index (χ0n) is 14.4. The molecular weight excluding hydrogens is 332 g/mol. The second-order valence-electron chi connectivity index (χ2n) is 5.65. The minimum absolute atomic E-state index is 0.0898. The van der Waals surface area contributed by atoms with Crippen LogP contribution in [0.2, 0.25) is 0 Å². The third kappa shape index (κ3) is 6.95. The van der Waals surface area contributed by atoms with Crippen LogP contribution in [0.5, 0.6) is 0 Å². The average molecular weight is 356 g/mol. The number of rotatable bonds is 9. The van der Waals surface area contributed by atoms with Gasteiger partial charge in [0.25, 0.3) is 5.91 Å². The molecule has 1 aromatic heterocycles. The van der Waals surface area contributed by atoms with Crippen molar-refractivity contribution >= 4 is 34.3 Å². The SMILES string of the molecule is CNC(=O)CN(C)C(=O)COC(=O)c1csc(NCCC(C)C)n1. The van der Waals surface area contributed by atoms with Crippen molar-refractivity contribution in [3.05, 3.63) is 11.1 Å². The first-order chi connectivity index (χ1) is 11.3. The lowest BCUT2D eigenvalue weighted by atomic mass is 10.1. The van der Waals surface area contributed by atoms with E-state index < -0.39 is 18.5 Å². The van der Waals surface area contributed by atoms with Crippen LogP contribution in [0, 0.1) is 5.92 Å². The summed E-state index contributed by atoms with van der Waals surface area (Å²) in [6.07, 6.45) is 1.01. The molecule has 0 aliphatic carbocycles. The third-order valence-electron chi connectivity index (χ3n) is 3.12. The van der Waals surface area contributed by atoms with Crippen LogP contribution in [-0.2, 0) is 14.3 Å². The molecule has 0 aliphatic rings. The second-order valence-corrected chi connectivity index (χ2v) is 6.50. The van der Waals surface area contributed by atoms with Crippen LogP contribution in [0.25, 0.3) is 0 Å². The van der Waals surface area contributed by atoms with E-state index in [1.165, 1.54) is 30.3 Å². The number of ether oxygens (including phenoxy) is 1. The average Bonchev–Trinajstić information content (AvgIpc) is 3.00. The van der Waals surface area contributed by atoms with Crippen molar-refractivity contribution < 1.29 is 19.1 Å². The van der Waals surface area contributed by atoms with Crippen LogP contribution < -0.4 is 10.6 Å². The zero-order valence-corrected chi connectivity index (χ0v) is 15.2. The molecular formula is C15H24N4O4S. The van der Waals surface area contributed by atoms with Crippen molar-refractivity contribution in [3.63, 3.8) is 0 Å². The number of esters is 1. The van der Waals surface area contributed by atoms with Crippen molar-refractivity contribution in [3.8, 4) is 0 Å². The minimum atomic E-state index is -0.662. The Morgan fingerprint density at radius 3 is 2.71 bits per heavy atom. The van der Waals surface area contributed by atoms with E-state index in [1.54, 1.807) is 5.38 Å². The van der Waals surface area contributed by atoms with Crippen molar-refractivity contribution in [2.24, 2.45) is 5.92 Å². The maximum atomic E-state index is 11.9. The summed E-state index contributed by atoms with van der Waals surface area (Å²) in [5, 5.41) is 7.78. The summed E-state index contributed by atoms with van der Waals surface area (Å²) in [5.74, 6) is -0.837. The summed E-state index contributed by atoms with van der Waals surface area (Å²) in [7, 11) is 2.95. The predicted molar refractivity (Wildman–Crippen MR) is 92.0 cm³/mol. The van der Waals surface area contributed by atoms with Crippen molar-refractivity contribution in [2.75, 3.05) is 39.1 Å². The van der Waals surface area contributed by atoms with E-state index in [0.717, 1.165) is 13.0 Å². The summed E-state index contributed by atoms with van der Waals surface area (Å²) in [5.41, 5.74) is 0.161. The van der Waals surface area contributed by atoms with Crippen LogP contribution >= 0.6 is 11.3 Å². The largest absolute Gasteiger partial charge is 0.451 e. The number of likely N-dealkylation sites (N-methyl/N-ethyl adjacent to an activating group) is 2. The Bertz CT molecular complexity index is 574. The number of nitrogens with zero attached hydrogens (tertiary/aromatic N) is 2. The van der Waals surface area contributed by atoms with E-state index in [2.05, 4.69) is 29.5 Å². The van der Waals surface area contributed by atoms with Crippen LogP contribution in [-0.4, -0.2) is 61.5 Å². The molecule has 0 saturated carbocycles. The first-order valence-corrected chi connectivity index (χ1v) is 8.52. The van der Waals surface area contributed by atoms with E-state index in [4.69, 9.17) is 4.74 Å². The summed E-state index contributed by atoms with van der Waals surface area (Å²) in [6, 6.07) is 0. The summed E-state index contributed by atoms with van der Waals surface area (Å²) in [4.78, 5) is 40.2. The lowest BCUT2D eigenvalue weighted by Crippen LogP contribution is -2.39. The van der Waals surface area contributed by atoms with Gasteiger partial charge in [0.1, 0.15) is 0 Å². The molecule has 0 bridgehead atoms. The molecule has 0 radical (unpaired) electrons. The number of nitrogens with one attached hydrogen (secondary N) is 2. The molecule has 0 atom stereocenters. The molecule has 1 aromatic rings. The Hall–Kier alpha value is -2.16. The zero-order chi connectivity index (χ0) is 18.1. The standard InChI is InChI=1S/C15H24N4O4S/c1-10(2)5-6-17-15-18-11(9-24-15)14(22)23-8-13(21)19(4)7-12(20)16-3/h9-10H,5-8H2,1-4H3,(H,16,20)(H,17,18). The van der Waals surface area contributed by atoms with Crippen molar-refractivity contribution in [1.82, 2.24) is 15.2 Å². The molecule has 8 nitrogen and oxygen atoms in total. The normalized spacial score (nSPS) is 10.4. The molecule has 134 valence electrons. The third-order valence-corrected chi connectivity index (χ3v) is 3.92. The van der Waals surface area contributed by atoms with Crippen LogP contribution in [0.3, 0.4) is 0 Å². The molecule has 0 unspecified atom stereocenters. The first-order valence-electron chi connectivity index (χ1n) is 7.64. The van der Waals surface area contributed by atoms with E-state index >= 15 is 0 Å². The predicted octanol–water partition coefficient (Wildman–Crippen LogP) is 0.962. The molecule has 1 rings (SSSR count). The lowest BCUT2D eigenvalue weighted by molar-refractivity contribution is -0.137. The van der Waals surface area contributed by atoms with Gasteiger partial charge in [-0.15, -0.1) is 11.3 Å². The van der Waals surface area contributed by atoms with E-state index in [0.29, 0.717) is 11.0 Å². The van der Waals surface area contributed by atoms with E-state index in [9.17, 15) is 14.4 Å². The maximum absolute atomic E-state index is 11.9. The van der Waals surface area contributed by atoms with Gasteiger partial charge in [0.05, 0.1) is 6.54 Å². The van der Waals surface area contributed by atoms with Gasteiger partial charge in [-0.2, -0.15) is 0 Å². The molecule has 1 heterocycles. The Labute approximate surface area is 145 Å². The molecule has 0 saturated heterocycles. The fraction of sp³-hybridized carbons (Fsp3) is 0.600. The fourth-order valence-electron chi connectivity index (χ4n) is 1.61. The van der Waals surface area contributed by atoms with Gasteiger partial charge in [-0.3, -0.25) is 9.59 Å². The van der Waals surface area contributed by atoms with E-state index in [-0.39, 0.29) is 18.1 Å². The smallest absolute Gasteiger partial charge is 0.358 e. The van der Waals surface area contributed by atoms with Gasteiger partial charge < -0.3 is 20.3 Å². The highest BCUT2D eigenvalue weighted by atomic mass is 32.1. The topological polar surface area (TPSA) is 101 Å². The summed E-state index contributed by atoms with van der Waals surface area (Å²) in [6.45, 7) is 4.52. The molecule has 24 heavy (non-hydrogen) atoms. The number of carbonyl (C=O) groups excluding carboxylic acids is 3. The number of thiazole rings is 1. The molecule has 2 amide bonds. The maximum Gasteiger partial charge on any atom is 0.358 e. The highest BCUT2D eigenvalue weighted by Gasteiger charge is 2.17. The highest BCUT2D eigenvalue weighted by molar-refractivity contribution is 7.13. The number of amides is 2. The first kappa shape index (κ1) is 19.9. The quantitative estimate of drug-likeness (QED) is 0.639. The number of carbonyl (C=O) groups is 3. The summed E-state index contributed by atoms with van der Waals surface area (Å²) < 4.78 is 4.94. The molecule has 2 N–H and O–H groups in total. The molecule has 0 aliphatic heterocycles. The van der Waals surface area contributed by atoms with Gasteiger partial charge >= 0.3 is 5.97 Å². The summed E-state index contributed by atoms with van der Waals surface area (Å²) >= 11 is 1.31. The molecule has 0 spiro atoms. The van der Waals surface area contributed by atoms with E-state index in [1.807, 2.05) is 0 Å². The van der Waals surface area contributed by atoms with Gasteiger partial charge in [0.2, 0.25) is 5.91 Å². The van der Waals surface area contributed by atoms with Crippen LogP contribution in [0.4, 0.5) is 5.13 Å². The van der Waals surface area contributed by atoms with Crippen molar-refractivity contribution in [1.29, 1.82) is 0 Å². The fourth-order valence-corrected chi connectivity index (χ4v) is 2.32. The Kier molecular flexibility index (Phi) is 8.17. The van der Waals surface area contributed by atoms with Crippen LogP contribution in [0.1, 0.15) is 30.8 Å². The highest BCUT2D eigenvalue weighted by Crippen LogP contribution is 2.16. The van der Waals surface area contributed by atoms with Crippen molar-refractivity contribution in [2.45, 2.75) is 20.3 Å². The molecule has 9 heteroatoms. The number of hydrogen-bond acceptors (Lipinski definition) is 7. The number of hydrogen-bond donors (Lipinski definition) is 2. The molecule has 0 aromatic carbocycles. The van der Waals surface area contributed by atoms with Gasteiger partial charge in [0, 0.05) is 26.0 Å². The Balaban J connectivity index is 2.41. The lowest BCUT2D eigenvalue weighted by Gasteiger charge is -2.15. The Morgan fingerprint density at radius 1 is 1.38 bits per heavy atom. The Morgan fingerprint density at radius 2 is 2.08 bits per heavy atom. The number of anilines is 1. The van der Waals surface area contributed by atoms with Gasteiger partial charge in [-0.05, 0) is 12.3 Å². The number of aromatic nitrogens is 1.